The van der Waals surface area contributed by atoms with Crippen LogP contribution in [-0.2, 0) is 10.0 Å². The molecule has 0 aliphatic rings. The molecule has 0 spiro atoms. The van der Waals surface area contributed by atoms with Crippen molar-refractivity contribution in [3.63, 3.8) is 0 Å². The Morgan fingerprint density at radius 3 is 2.71 bits per heavy atom. The fraction of sp³-hybridized carbons (Fsp3) is 0.300. The van der Waals surface area contributed by atoms with Crippen molar-refractivity contribution in [2.45, 2.75) is 5.09 Å². The van der Waals surface area contributed by atoms with E-state index in [4.69, 9.17) is 9.15 Å². The van der Waals surface area contributed by atoms with E-state index in [9.17, 15) is 13.2 Å². The summed E-state index contributed by atoms with van der Waals surface area (Å²) in [4.78, 5) is 15.7. The van der Waals surface area contributed by atoms with Crippen LogP contribution in [-0.4, -0.2) is 55.0 Å². The van der Waals surface area contributed by atoms with Gasteiger partial charge in [0.1, 0.15) is 0 Å². The summed E-state index contributed by atoms with van der Waals surface area (Å²) in [6.45, 7) is 0. The van der Waals surface area contributed by atoms with Crippen molar-refractivity contribution in [3.8, 4) is 6.01 Å². The maximum absolute atomic E-state index is 11.9. The molecule has 2 rings (SSSR count). The van der Waals surface area contributed by atoms with Gasteiger partial charge in [-0.05, 0) is 12.1 Å². The molecule has 2 N–H and O–H groups in total. The number of aromatic amines is 1. The van der Waals surface area contributed by atoms with E-state index in [2.05, 4.69) is 20.5 Å². The number of methoxy groups -OCH3 is 1. The molecular weight excluding hydrogens is 302 g/mol. The third kappa shape index (κ3) is 3.03. The first-order valence-corrected chi connectivity index (χ1v) is 7.08. The van der Waals surface area contributed by atoms with E-state index in [1.807, 2.05) is 0 Å². The van der Waals surface area contributed by atoms with E-state index in [1.165, 1.54) is 33.3 Å². The lowest BCUT2D eigenvalue weighted by atomic mass is 10.4. The molecule has 10 nitrogen and oxygen atoms in total. The molecule has 0 aliphatic carbocycles. The monoisotopic (exact) mass is 315 g/mol. The summed E-state index contributed by atoms with van der Waals surface area (Å²) in [5.74, 6) is -0.801. The smallest absolute Gasteiger partial charge is 0.336 e. The summed E-state index contributed by atoms with van der Waals surface area (Å²) < 4.78 is 34.4. The number of sulfonamides is 1. The van der Waals surface area contributed by atoms with Crippen molar-refractivity contribution in [1.29, 1.82) is 0 Å². The molecule has 0 saturated carbocycles. The van der Waals surface area contributed by atoms with Crippen LogP contribution in [0.2, 0.25) is 0 Å². The van der Waals surface area contributed by atoms with Gasteiger partial charge in [-0.25, -0.2) is 17.8 Å². The lowest BCUT2D eigenvalue weighted by Crippen LogP contribution is -2.21. The standard InChI is InChI=1S/C10H13N5O5S/c1-15(2)21(17,18)7-5-4-6(20-7)8(16)11-9-12-10(19-3)14-13-9/h4-5H,1-3H3,(H2,11,12,13,14,16). The van der Waals surface area contributed by atoms with Crippen molar-refractivity contribution >= 4 is 21.9 Å². The topological polar surface area (TPSA) is 130 Å². The van der Waals surface area contributed by atoms with Crippen LogP contribution in [0.1, 0.15) is 10.6 Å². The van der Waals surface area contributed by atoms with Gasteiger partial charge in [0, 0.05) is 14.1 Å². The molecule has 114 valence electrons. The van der Waals surface area contributed by atoms with Crippen molar-refractivity contribution in [2.75, 3.05) is 26.5 Å². The zero-order valence-corrected chi connectivity index (χ0v) is 12.3. The first kappa shape index (κ1) is 15.0. The quantitative estimate of drug-likeness (QED) is 0.788. The molecule has 0 fully saturated rings. The predicted octanol–water partition coefficient (Wildman–Crippen LogP) is -0.0911. The molecule has 0 aromatic carbocycles. The first-order chi connectivity index (χ1) is 9.84. The number of furan rings is 1. The van der Waals surface area contributed by atoms with E-state index >= 15 is 0 Å². The fourth-order valence-electron chi connectivity index (χ4n) is 1.32. The molecule has 0 atom stereocenters. The summed E-state index contributed by atoms with van der Waals surface area (Å²) in [6, 6.07) is 2.51. The Morgan fingerprint density at radius 2 is 2.14 bits per heavy atom. The Kier molecular flexibility index (Phi) is 3.95. The highest BCUT2D eigenvalue weighted by Gasteiger charge is 2.23. The molecule has 21 heavy (non-hydrogen) atoms. The lowest BCUT2D eigenvalue weighted by Gasteiger charge is -2.07. The molecule has 0 aliphatic heterocycles. The predicted molar refractivity (Wildman–Crippen MR) is 70.5 cm³/mol. The number of H-pyrrole nitrogens is 1. The molecule has 2 heterocycles. The van der Waals surface area contributed by atoms with Gasteiger partial charge in [-0.2, -0.15) is 4.98 Å². The SMILES string of the molecule is COc1n[nH]c(NC(=O)c2ccc(S(=O)(=O)N(C)C)o2)n1. The normalized spacial score (nSPS) is 11.6. The summed E-state index contributed by atoms with van der Waals surface area (Å²) in [5, 5.41) is 8.10. The van der Waals surface area contributed by atoms with Gasteiger partial charge in [0.05, 0.1) is 7.11 Å². The van der Waals surface area contributed by atoms with Gasteiger partial charge in [0.15, 0.2) is 5.76 Å². The number of nitrogens with zero attached hydrogens (tertiary/aromatic N) is 3. The molecular formula is C10H13N5O5S. The van der Waals surface area contributed by atoms with Crippen LogP contribution in [0.5, 0.6) is 6.01 Å². The number of anilines is 1. The number of hydrogen-bond acceptors (Lipinski definition) is 7. The number of hydrogen-bond donors (Lipinski definition) is 2. The van der Waals surface area contributed by atoms with Gasteiger partial charge in [-0.1, -0.05) is 0 Å². The van der Waals surface area contributed by atoms with Crippen LogP contribution in [0.3, 0.4) is 0 Å². The van der Waals surface area contributed by atoms with E-state index in [-0.39, 0.29) is 22.8 Å². The van der Waals surface area contributed by atoms with Crippen LogP contribution in [0.4, 0.5) is 5.95 Å². The molecule has 0 radical (unpaired) electrons. The van der Waals surface area contributed by atoms with Crippen molar-refractivity contribution in [2.24, 2.45) is 0 Å². The van der Waals surface area contributed by atoms with Crippen LogP contribution in [0.25, 0.3) is 0 Å². The Labute approximate surface area is 120 Å². The Hall–Kier alpha value is -2.40. The third-order valence-electron chi connectivity index (χ3n) is 2.42. The van der Waals surface area contributed by atoms with E-state index < -0.39 is 15.9 Å². The molecule has 0 unspecified atom stereocenters. The van der Waals surface area contributed by atoms with Crippen molar-refractivity contribution in [3.05, 3.63) is 17.9 Å². The minimum atomic E-state index is -3.73. The van der Waals surface area contributed by atoms with E-state index in [1.54, 1.807) is 0 Å². The van der Waals surface area contributed by atoms with Crippen LogP contribution in [0.15, 0.2) is 21.6 Å². The van der Waals surface area contributed by atoms with Gasteiger partial charge in [-0.15, -0.1) is 5.10 Å². The number of rotatable bonds is 5. The van der Waals surface area contributed by atoms with E-state index in [0.29, 0.717) is 0 Å². The van der Waals surface area contributed by atoms with Crippen LogP contribution < -0.4 is 10.1 Å². The summed E-state index contributed by atoms with van der Waals surface area (Å²) in [5.41, 5.74) is 0. The highest BCUT2D eigenvalue weighted by atomic mass is 32.2. The fourth-order valence-corrected chi connectivity index (χ4v) is 2.12. The maximum Gasteiger partial charge on any atom is 0.336 e. The Morgan fingerprint density at radius 1 is 1.43 bits per heavy atom. The number of ether oxygens (including phenoxy) is 1. The summed E-state index contributed by atoms with van der Waals surface area (Å²) in [7, 11) is 0.362. The van der Waals surface area contributed by atoms with Crippen molar-refractivity contribution in [1.82, 2.24) is 19.5 Å². The number of nitrogens with one attached hydrogen (secondary N) is 2. The zero-order chi connectivity index (χ0) is 15.6. The van der Waals surface area contributed by atoms with Gasteiger partial charge in [0.25, 0.3) is 15.9 Å². The van der Waals surface area contributed by atoms with Crippen LogP contribution in [0, 0.1) is 0 Å². The molecule has 11 heteroatoms. The number of amides is 1. The summed E-state index contributed by atoms with van der Waals surface area (Å²) >= 11 is 0. The average Bonchev–Trinajstić information content (AvgIpc) is 3.07. The second kappa shape index (κ2) is 5.54. The molecule has 2 aromatic heterocycles. The van der Waals surface area contributed by atoms with Gasteiger partial charge in [-0.3, -0.25) is 10.1 Å². The second-order valence-corrected chi connectivity index (χ2v) is 6.11. The third-order valence-corrected chi connectivity index (χ3v) is 4.11. The minimum absolute atomic E-state index is 0.0465. The van der Waals surface area contributed by atoms with Crippen LogP contribution >= 0.6 is 0 Å². The second-order valence-electron chi connectivity index (χ2n) is 4.03. The number of carbonyl (C=O) groups is 1. The highest BCUT2D eigenvalue weighted by molar-refractivity contribution is 7.88. The van der Waals surface area contributed by atoms with Gasteiger partial charge >= 0.3 is 6.01 Å². The largest absolute Gasteiger partial charge is 0.466 e. The first-order valence-electron chi connectivity index (χ1n) is 5.64. The molecule has 0 saturated heterocycles. The lowest BCUT2D eigenvalue weighted by molar-refractivity contribution is 0.0990. The van der Waals surface area contributed by atoms with E-state index in [0.717, 1.165) is 4.31 Å². The summed E-state index contributed by atoms with van der Waals surface area (Å²) in [6.07, 6.45) is 0. The average molecular weight is 315 g/mol. The van der Waals surface area contributed by atoms with Gasteiger partial charge in [0.2, 0.25) is 11.0 Å². The minimum Gasteiger partial charge on any atom is -0.466 e. The van der Waals surface area contributed by atoms with Crippen molar-refractivity contribution < 1.29 is 22.4 Å². The maximum atomic E-state index is 11.9. The number of carbonyl (C=O) groups excluding carboxylic acids is 1. The molecule has 1 amide bonds. The Balaban J connectivity index is 2.16. The highest BCUT2D eigenvalue weighted by Crippen LogP contribution is 2.17. The van der Waals surface area contributed by atoms with Gasteiger partial charge < -0.3 is 9.15 Å². The zero-order valence-electron chi connectivity index (χ0n) is 11.4. The molecule has 0 bridgehead atoms. The molecule has 2 aromatic rings. The number of aromatic nitrogens is 3. The Bertz CT molecular complexity index is 747.